The van der Waals surface area contributed by atoms with E-state index in [2.05, 4.69) is 16.9 Å². The van der Waals surface area contributed by atoms with Crippen LogP contribution >= 0.6 is 0 Å². The van der Waals surface area contributed by atoms with Crippen LogP contribution in [0, 0.1) is 0 Å². The van der Waals surface area contributed by atoms with E-state index >= 15 is 0 Å². The number of carbonyl (C=O) groups excluding carboxylic acids is 1. The number of hydrogen-bond donors (Lipinski definition) is 1. The van der Waals surface area contributed by atoms with Crippen molar-refractivity contribution in [2.45, 2.75) is 19.4 Å². The molecule has 0 aliphatic rings. The van der Waals surface area contributed by atoms with Crippen molar-refractivity contribution in [3.05, 3.63) is 42.7 Å². The first-order valence-electron chi connectivity index (χ1n) is 4.53. The fourth-order valence-corrected chi connectivity index (χ4v) is 1.25. The van der Waals surface area contributed by atoms with Gasteiger partial charge in [0, 0.05) is 13.1 Å². The number of aromatic nitrogens is 1. The number of pyridine rings is 1. The van der Waals surface area contributed by atoms with Gasteiger partial charge in [-0.05, 0) is 18.6 Å². The van der Waals surface area contributed by atoms with E-state index in [1.54, 1.807) is 12.3 Å². The van der Waals surface area contributed by atoms with Gasteiger partial charge in [-0.2, -0.15) is 0 Å². The first-order chi connectivity index (χ1) is 6.74. The Labute approximate surface area is 83.9 Å². The summed E-state index contributed by atoms with van der Waals surface area (Å²) in [5.41, 5.74) is 0.864. The van der Waals surface area contributed by atoms with E-state index in [1.807, 2.05) is 18.2 Å². The Kier molecular flexibility index (Phi) is 3.85. The fourth-order valence-electron chi connectivity index (χ4n) is 1.25. The highest BCUT2D eigenvalue weighted by Crippen LogP contribution is 2.13. The van der Waals surface area contributed by atoms with E-state index < -0.39 is 0 Å². The molecule has 1 rings (SSSR count). The van der Waals surface area contributed by atoms with Crippen molar-refractivity contribution in [2.24, 2.45) is 0 Å². The quantitative estimate of drug-likeness (QED) is 0.736. The smallest absolute Gasteiger partial charge is 0.217 e. The van der Waals surface area contributed by atoms with E-state index in [-0.39, 0.29) is 11.9 Å². The Morgan fingerprint density at radius 2 is 2.50 bits per heavy atom. The molecular formula is C11H14N2O. The molecule has 0 spiro atoms. The molecule has 14 heavy (non-hydrogen) atoms. The zero-order chi connectivity index (χ0) is 10.4. The third-order valence-corrected chi connectivity index (χ3v) is 1.82. The summed E-state index contributed by atoms with van der Waals surface area (Å²) in [6, 6.07) is 5.58. The fraction of sp³-hybridized carbons (Fsp3) is 0.273. The first-order valence-corrected chi connectivity index (χ1v) is 4.53. The average molecular weight is 190 g/mol. The second kappa shape index (κ2) is 5.17. The number of nitrogens with one attached hydrogen (secondary N) is 1. The topological polar surface area (TPSA) is 42.0 Å². The Bertz CT molecular complexity index is 308. The Balaban J connectivity index is 2.77. The van der Waals surface area contributed by atoms with Crippen LogP contribution < -0.4 is 5.32 Å². The van der Waals surface area contributed by atoms with Gasteiger partial charge in [0.15, 0.2) is 0 Å². The summed E-state index contributed by atoms with van der Waals surface area (Å²) >= 11 is 0. The molecule has 3 nitrogen and oxygen atoms in total. The zero-order valence-electron chi connectivity index (χ0n) is 8.23. The highest BCUT2D eigenvalue weighted by Gasteiger charge is 2.10. The second-order valence-corrected chi connectivity index (χ2v) is 3.03. The van der Waals surface area contributed by atoms with Crippen molar-refractivity contribution in [1.82, 2.24) is 10.3 Å². The Hall–Kier alpha value is -1.64. The normalized spacial score (nSPS) is 11.8. The summed E-state index contributed by atoms with van der Waals surface area (Å²) < 4.78 is 0. The maximum Gasteiger partial charge on any atom is 0.217 e. The third kappa shape index (κ3) is 3.01. The van der Waals surface area contributed by atoms with Gasteiger partial charge in [0.2, 0.25) is 5.91 Å². The van der Waals surface area contributed by atoms with Crippen molar-refractivity contribution in [3.63, 3.8) is 0 Å². The summed E-state index contributed by atoms with van der Waals surface area (Å²) in [4.78, 5) is 15.1. The lowest BCUT2D eigenvalue weighted by Crippen LogP contribution is -2.26. The van der Waals surface area contributed by atoms with Crippen molar-refractivity contribution in [1.29, 1.82) is 0 Å². The molecule has 0 aromatic carbocycles. The molecule has 3 heteroatoms. The summed E-state index contributed by atoms with van der Waals surface area (Å²) in [5.74, 6) is -0.0532. The summed E-state index contributed by atoms with van der Waals surface area (Å²) in [6.07, 6.45) is 4.18. The van der Waals surface area contributed by atoms with Crippen LogP contribution in [0.25, 0.3) is 0 Å². The molecular weight excluding hydrogens is 176 g/mol. The number of amides is 1. The van der Waals surface area contributed by atoms with Crippen LogP contribution in [-0.4, -0.2) is 10.9 Å². The molecule has 74 valence electrons. The number of rotatable bonds is 4. The molecule has 0 aliphatic carbocycles. The van der Waals surface area contributed by atoms with Crippen LogP contribution in [0.5, 0.6) is 0 Å². The highest BCUT2D eigenvalue weighted by molar-refractivity contribution is 5.73. The molecule has 1 amide bonds. The largest absolute Gasteiger partial charge is 0.348 e. The van der Waals surface area contributed by atoms with Gasteiger partial charge >= 0.3 is 0 Å². The van der Waals surface area contributed by atoms with Crippen LogP contribution in [0.15, 0.2) is 37.1 Å². The van der Waals surface area contributed by atoms with E-state index in [9.17, 15) is 4.79 Å². The van der Waals surface area contributed by atoms with E-state index in [4.69, 9.17) is 0 Å². The minimum Gasteiger partial charge on any atom is -0.348 e. The van der Waals surface area contributed by atoms with Crippen LogP contribution in [0.2, 0.25) is 0 Å². The molecule has 0 saturated heterocycles. The predicted octanol–water partition coefficient (Wildman–Crippen LogP) is 1.83. The van der Waals surface area contributed by atoms with Gasteiger partial charge in [-0.15, -0.1) is 6.58 Å². The molecule has 1 heterocycles. The summed E-state index contributed by atoms with van der Waals surface area (Å²) in [7, 11) is 0. The maximum absolute atomic E-state index is 10.9. The third-order valence-electron chi connectivity index (χ3n) is 1.82. The number of carbonyl (C=O) groups is 1. The Morgan fingerprint density at radius 3 is 3.00 bits per heavy atom. The lowest BCUT2D eigenvalue weighted by Gasteiger charge is -2.14. The van der Waals surface area contributed by atoms with Crippen LogP contribution in [-0.2, 0) is 4.79 Å². The summed E-state index contributed by atoms with van der Waals surface area (Å²) in [5, 5.41) is 2.82. The molecule has 0 aliphatic heterocycles. The maximum atomic E-state index is 10.9. The molecule has 0 radical (unpaired) electrons. The first kappa shape index (κ1) is 10.4. The van der Waals surface area contributed by atoms with Gasteiger partial charge < -0.3 is 5.32 Å². The van der Waals surface area contributed by atoms with Crippen LogP contribution in [0.1, 0.15) is 25.1 Å². The molecule has 0 unspecified atom stereocenters. The minimum atomic E-state index is -0.0637. The van der Waals surface area contributed by atoms with E-state index in [0.717, 1.165) is 5.69 Å². The number of nitrogens with zero attached hydrogens (tertiary/aromatic N) is 1. The summed E-state index contributed by atoms with van der Waals surface area (Å²) in [6.45, 7) is 5.15. The molecule has 1 N–H and O–H groups in total. The van der Waals surface area contributed by atoms with E-state index in [0.29, 0.717) is 6.42 Å². The lowest BCUT2D eigenvalue weighted by atomic mass is 10.1. The van der Waals surface area contributed by atoms with Crippen LogP contribution in [0.3, 0.4) is 0 Å². The molecule has 0 bridgehead atoms. The van der Waals surface area contributed by atoms with Gasteiger partial charge in [-0.1, -0.05) is 12.1 Å². The standard InChI is InChI=1S/C11H14N2O/c1-3-6-11(13-9(2)14)10-7-4-5-8-12-10/h3-5,7-8,11H,1,6H2,2H3,(H,13,14)/t11-/m1/s1. The van der Waals surface area contributed by atoms with Gasteiger partial charge in [-0.3, -0.25) is 9.78 Å². The average Bonchev–Trinajstić information content (AvgIpc) is 2.18. The van der Waals surface area contributed by atoms with Crippen molar-refractivity contribution >= 4 is 5.91 Å². The lowest BCUT2D eigenvalue weighted by molar-refractivity contribution is -0.119. The Morgan fingerprint density at radius 1 is 1.71 bits per heavy atom. The highest BCUT2D eigenvalue weighted by atomic mass is 16.1. The van der Waals surface area contributed by atoms with Crippen molar-refractivity contribution in [2.75, 3.05) is 0 Å². The van der Waals surface area contributed by atoms with Gasteiger partial charge in [-0.25, -0.2) is 0 Å². The van der Waals surface area contributed by atoms with Crippen molar-refractivity contribution < 1.29 is 4.79 Å². The SMILES string of the molecule is C=CC[C@@H](NC(C)=O)c1ccccn1. The van der Waals surface area contributed by atoms with Gasteiger partial charge in [0.05, 0.1) is 11.7 Å². The number of hydrogen-bond acceptors (Lipinski definition) is 2. The minimum absolute atomic E-state index is 0.0532. The molecule has 0 saturated carbocycles. The second-order valence-electron chi connectivity index (χ2n) is 3.03. The van der Waals surface area contributed by atoms with Gasteiger partial charge in [0.25, 0.3) is 0 Å². The van der Waals surface area contributed by atoms with Crippen molar-refractivity contribution in [3.8, 4) is 0 Å². The molecule has 1 aromatic heterocycles. The molecule has 0 fully saturated rings. The predicted molar refractivity (Wildman–Crippen MR) is 55.6 cm³/mol. The van der Waals surface area contributed by atoms with E-state index in [1.165, 1.54) is 6.92 Å². The molecule has 1 aromatic rings. The molecule has 1 atom stereocenters. The van der Waals surface area contributed by atoms with Crippen LogP contribution in [0.4, 0.5) is 0 Å². The van der Waals surface area contributed by atoms with Gasteiger partial charge in [0.1, 0.15) is 0 Å². The monoisotopic (exact) mass is 190 g/mol. The zero-order valence-corrected chi connectivity index (χ0v) is 8.23.